The van der Waals surface area contributed by atoms with Crippen LogP contribution in [0.1, 0.15) is 18.9 Å². The summed E-state index contributed by atoms with van der Waals surface area (Å²) < 4.78 is 5.50. The minimum Gasteiger partial charge on any atom is -0.494 e. The normalized spacial score (nSPS) is 10.7. The van der Waals surface area contributed by atoms with Crippen LogP contribution in [0.15, 0.2) is 53.0 Å². The molecule has 0 saturated carbocycles. The lowest BCUT2D eigenvalue weighted by Gasteiger charge is -2.03. The van der Waals surface area contributed by atoms with Gasteiger partial charge in [-0.1, -0.05) is 18.7 Å². The summed E-state index contributed by atoms with van der Waals surface area (Å²) in [6.07, 6.45) is 5.84. The Kier molecular flexibility index (Phi) is 7.06. The van der Waals surface area contributed by atoms with E-state index in [1.807, 2.05) is 24.3 Å². The molecule has 2 aromatic rings. The summed E-state index contributed by atoms with van der Waals surface area (Å²) in [6.45, 7) is 2.76. The molecule has 23 heavy (non-hydrogen) atoms. The summed E-state index contributed by atoms with van der Waals surface area (Å²) in [5.41, 5.74) is 3.36. The molecule has 1 amide bonds. The van der Waals surface area contributed by atoms with Crippen LogP contribution in [0, 0.1) is 0 Å². The van der Waals surface area contributed by atoms with Crippen molar-refractivity contribution in [1.29, 1.82) is 0 Å². The van der Waals surface area contributed by atoms with Gasteiger partial charge in [0.2, 0.25) is 0 Å². The molecule has 6 nitrogen and oxygen atoms in total. The molecule has 1 heterocycles. The molecule has 0 saturated heterocycles. The van der Waals surface area contributed by atoms with Gasteiger partial charge in [-0.15, -0.1) is 0 Å². The zero-order valence-electron chi connectivity index (χ0n) is 12.8. The predicted molar refractivity (Wildman–Crippen MR) is 90.7 cm³/mol. The number of hydrogen-bond acceptors (Lipinski definition) is 6. The molecule has 1 aromatic carbocycles. The lowest BCUT2D eigenvalue weighted by molar-refractivity contribution is -0.118. The Morgan fingerprint density at radius 1 is 1.30 bits per heavy atom. The first-order chi connectivity index (χ1) is 11.3. The number of ether oxygens (including phenoxy) is 1. The number of nitrogens with one attached hydrogen (secondary N) is 1. The number of carbonyl (C=O) groups is 1. The summed E-state index contributed by atoms with van der Waals surface area (Å²) in [5, 5.41) is 4.49. The number of nitrogens with zero attached hydrogens (tertiary/aromatic N) is 3. The summed E-state index contributed by atoms with van der Waals surface area (Å²) in [4.78, 5) is 19.7. The summed E-state index contributed by atoms with van der Waals surface area (Å²) in [5.74, 6) is 0.833. The molecule has 0 aliphatic heterocycles. The lowest BCUT2D eigenvalue weighted by Crippen LogP contribution is -2.19. The van der Waals surface area contributed by atoms with Crippen LogP contribution in [0.2, 0.25) is 0 Å². The molecule has 1 N–H and O–H groups in total. The molecule has 0 radical (unpaired) electrons. The van der Waals surface area contributed by atoms with Gasteiger partial charge in [-0.05, 0) is 42.3 Å². The van der Waals surface area contributed by atoms with Crippen molar-refractivity contribution in [1.82, 2.24) is 15.4 Å². The molecule has 0 fully saturated rings. The molecule has 7 heteroatoms. The van der Waals surface area contributed by atoms with Gasteiger partial charge in [0.1, 0.15) is 5.75 Å². The van der Waals surface area contributed by atoms with E-state index in [0.29, 0.717) is 11.8 Å². The average molecular weight is 330 g/mol. The van der Waals surface area contributed by atoms with E-state index in [9.17, 15) is 4.79 Å². The Balaban J connectivity index is 1.74. The van der Waals surface area contributed by atoms with Crippen LogP contribution in [-0.4, -0.2) is 34.4 Å². The van der Waals surface area contributed by atoms with Crippen molar-refractivity contribution in [3.63, 3.8) is 0 Å². The fourth-order valence-electron chi connectivity index (χ4n) is 1.57. The molecule has 120 valence electrons. The Labute approximate surface area is 139 Å². The Hall–Kier alpha value is -2.41. The summed E-state index contributed by atoms with van der Waals surface area (Å²) in [7, 11) is 0. The van der Waals surface area contributed by atoms with E-state index in [-0.39, 0.29) is 11.7 Å². The van der Waals surface area contributed by atoms with E-state index in [1.54, 1.807) is 24.7 Å². The van der Waals surface area contributed by atoms with Crippen molar-refractivity contribution in [2.75, 3.05) is 12.4 Å². The largest absolute Gasteiger partial charge is 0.494 e. The molecular formula is C16H18N4O2S. The zero-order valence-corrected chi connectivity index (χ0v) is 13.6. The average Bonchev–Trinajstić information content (AvgIpc) is 2.60. The van der Waals surface area contributed by atoms with Crippen LogP contribution in [0.5, 0.6) is 5.75 Å². The quantitative estimate of drug-likeness (QED) is 0.348. The molecule has 0 atom stereocenters. The standard InChI is InChI=1S/C16H18N4O2S/c1-2-10-22-14-6-4-13(5-7-14)11-19-20-15(21)12-23-16-17-8-3-9-18-16/h3-9,11H,2,10,12H2,1H3,(H,20,21)/b19-11-. The van der Waals surface area contributed by atoms with Crippen molar-refractivity contribution in [3.05, 3.63) is 48.3 Å². The highest BCUT2D eigenvalue weighted by Crippen LogP contribution is 2.11. The third kappa shape index (κ3) is 6.48. The maximum absolute atomic E-state index is 11.7. The fraction of sp³-hybridized carbons (Fsp3) is 0.250. The third-order valence-electron chi connectivity index (χ3n) is 2.63. The first kappa shape index (κ1) is 17.0. The minimum absolute atomic E-state index is 0.207. The van der Waals surface area contributed by atoms with Gasteiger partial charge in [-0.3, -0.25) is 4.79 Å². The van der Waals surface area contributed by atoms with E-state index in [4.69, 9.17) is 4.74 Å². The molecule has 0 aliphatic carbocycles. The van der Waals surface area contributed by atoms with E-state index in [1.165, 1.54) is 11.8 Å². The summed E-state index contributed by atoms with van der Waals surface area (Å²) >= 11 is 1.26. The number of thioether (sulfide) groups is 1. The van der Waals surface area contributed by atoms with Crippen molar-refractivity contribution in [2.45, 2.75) is 18.5 Å². The third-order valence-corrected chi connectivity index (χ3v) is 3.51. The molecule has 1 aromatic heterocycles. The molecule has 0 bridgehead atoms. The second-order valence-electron chi connectivity index (χ2n) is 4.53. The second-order valence-corrected chi connectivity index (χ2v) is 5.47. The zero-order chi connectivity index (χ0) is 16.3. The summed E-state index contributed by atoms with van der Waals surface area (Å²) in [6, 6.07) is 9.25. The Morgan fingerprint density at radius 2 is 2.04 bits per heavy atom. The first-order valence-corrected chi connectivity index (χ1v) is 8.21. The highest BCUT2D eigenvalue weighted by Gasteiger charge is 2.02. The van der Waals surface area contributed by atoms with Crippen molar-refractivity contribution in [3.8, 4) is 5.75 Å². The van der Waals surface area contributed by atoms with Gasteiger partial charge in [0, 0.05) is 12.4 Å². The maximum atomic E-state index is 11.7. The van der Waals surface area contributed by atoms with Crippen molar-refractivity contribution >= 4 is 23.9 Å². The topological polar surface area (TPSA) is 76.5 Å². The van der Waals surface area contributed by atoms with Gasteiger partial charge in [-0.2, -0.15) is 5.10 Å². The number of amides is 1. The van der Waals surface area contributed by atoms with Gasteiger partial charge in [0.15, 0.2) is 5.16 Å². The number of hydrogen-bond donors (Lipinski definition) is 1. The van der Waals surface area contributed by atoms with Crippen LogP contribution < -0.4 is 10.2 Å². The van der Waals surface area contributed by atoms with E-state index < -0.39 is 0 Å². The van der Waals surface area contributed by atoms with Gasteiger partial charge in [0.25, 0.3) is 5.91 Å². The van der Waals surface area contributed by atoms with E-state index in [0.717, 1.165) is 17.7 Å². The number of hydrazone groups is 1. The highest BCUT2D eigenvalue weighted by molar-refractivity contribution is 7.99. The molecular weight excluding hydrogens is 312 g/mol. The van der Waals surface area contributed by atoms with Gasteiger partial charge >= 0.3 is 0 Å². The predicted octanol–water partition coefficient (Wildman–Crippen LogP) is 2.51. The van der Waals surface area contributed by atoms with E-state index in [2.05, 4.69) is 27.4 Å². The maximum Gasteiger partial charge on any atom is 0.250 e. The highest BCUT2D eigenvalue weighted by atomic mass is 32.2. The molecule has 2 rings (SSSR count). The number of aromatic nitrogens is 2. The Morgan fingerprint density at radius 3 is 2.74 bits per heavy atom. The van der Waals surface area contributed by atoms with E-state index >= 15 is 0 Å². The van der Waals surface area contributed by atoms with Crippen LogP contribution >= 0.6 is 11.8 Å². The fourth-order valence-corrected chi connectivity index (χ4v) is 2.17. The Bertz CT molecular complexity index is 632. The smallest absolute Gasteiger partial charge is 0.250 e. The van der Waals surface area contributed by atoms with Gasteiger partial charge in [0.05, 0.1) is 18.6 Å². The van der Waals surface area contributed by atoms with Crippen LogP contribution in [-0.2, 0) is 4.79 Å². The van der Waals surface area contributed by atoms with Gasteiger partial charge < -0.3 is 4.74 Å². The number of benzene rings is 1. The first-order valence-electron chi connectivity index (χ1n) is 7.22. The van der Waals surface area contributed by atoms with Crippen molar-refractivity contribution < 1.29 is 9.53 Å². The second kappa shape index (κ2) is 9.58. The number of carbonyl (C=O) groups excluding carboxylic acids is 1. The molecule has 0 aliphatic rings. The van der Waals surface area contributed by atoms with Crippen LogP contribution in [0.4, 0.5) is 0 Å². The minimum atomic E-state index is -0.207. The van der Waals surface area contributed by atoms with Crippen molar-refractivity contribution in [2.24, 2.45) is 5.10 Å². The number of rotatable bonds is 8. The SMILES string of the molecule is CCCOc1ccc(/C=N\NC(=O)CSc2ncccn2)cc1. The monoisotopic (exact) mass is 330 g/mol. The van der Waals surface area contributed by atoms with Crippen LogP contribution in [0.25, 0.3) is 0 Å². The van der Waals surface area contributed by atoms with Crippen LogP contribution in [0.3, 0.4) is 0 Å². The molecule has 0 unspecified atom stereocenters. The van der Waals surface area contributed by atoms with Gasteiger partial charge in [-0.25, -0.2) is 15.4 Å². The lowest BCUT2D eigenvalue weighted by atomic mass is 10.2. The molecule has 0 spiro atoms.